The van der Waals surface area contributed by atoms with Gasteiger partial charge >= 0.3 is 5.97 Å². The predicted octanol–water partition coefficient (Wildman–Crippen LogP) is 0.979. The Balaban J connectivity index is 2.45. The van der Waals surface area contributed by atoms with Gasteiger partial charge in [-0.2, -0.15) is 0 Å². The van der Waals surface area contributed by atoms with Crippen molar-refractivity contribution in [3.63, 3.8) is 0 Å². The highest BCUT2D eigenvalue weighted by Gasteiger charge is 2.22. The molecule has 1 saturated carbocycles. The molecule has 3 heteroatoms. The average molecular weight is 157 g/mol. The van der Waals surface area contributed by atoms with Crippen molar-refractivity contribution >= 4 is 5.97 Å². The fourth-order valence-electron chi connectivity index (χ4n) is 1.62. The fraction of sp³-hybridized carbons (Fsp3) is 0.875. The van der Waals surface area contributed by atoms with E-state index in [-0.39, 0.29) is 12.0 Å². The van der Waals surface area contributed by atoms with Crippen molar-refractivity contribution < 1.29 is 9.90 Å². The molecule has 0 saturated heterocycles. The largest absolute Gasteiger partial charge is 0.481 e. The van der Waals surface area contributed by atoms with Gasteiger partial charge in [0.1, 0.15) is 0 Å². The zero-order valence-electron chi connectivity index (χ0n) is 6.62. The van der Waals surface area contributed by atoms with Crippen molar-refractivity contribution in [2.75, 3.05) is 0 Å². The van der Waals surface area contributed by atoms with Crippen LogP contribution in [-0.2, 0) is 4.79 Å². The highest BCUT2D eigenvalue weighted by Crippen LogP contribution is 2.22. The van der Waals surface area contributed by atoms with E-state index in [1.807, 2.05) is 0 Å². The molecule has 11 heavy (non-hydrogen) atoms. The second kappa shape index (κ2) is 3.72. The summed E-state index contributed by atoms with van der Waals surface area (Å²) in [6, 6.07) is 0.110. The summed E-state index contributed by atoms with van der Waals surface area (Å²) in [6.45, 7) is 0. The number of hydrogen-bond acceptors (Lipinski definition) is 2. The molecule has 2 atom stereocenters. The van der Waals surface area contributed by atoms with Crippen LogP contribution in [0.5, 0.6) is 0 Å². The Kier molecular flexibility index (Phi) is 2.88. The van der Waals surface area contributed by atoms with Gasteiger partial charge in [0.25, 0.3) is 0 Å². The van der Waals surface area contributed by atoms with Gasteiger partial charge in [-0.25, -0.2) is 0 Å². The highest BCUT2D eigenvalue weighted by atomic mass is 16.4. The van der Waals surface area contributed by atoms with Crippen LogP contribution in [0.15, 0.2) is 0 Å². The van der Waals surface area contributed by atoms with E-state index in [9.17, 15) is 4.79 Å². The first kappa shape index (κ1) is 8.53. The molecule has 0 amide bonds. The molecule has 0 aromatic rings. The summed E-state index contributed by atoms with van der Waals surface area (Å²) in [7, 11) is 0. The summed E-state index contributed by atoms with van der Waals surface area (Å²) < 4.78 is 0. The van der Waals surface area contributed by atoms with E-state index in [1.54, 1.807) is 0 Å². The summed E-state index contributed by atoms with van der Waals surface area (Å²) in [6.07, 6.45) is 4.57. The Labute approximate surface area is 66.6 Å². The maximum absolute atomic E-state index is 10.6. The summed E-state index contributed by atoms with van der Waals surface area (Å²) in [5.74, 6) is -0.866. The molecule has 0 aliphatic heterocycles. The average Bonchev–Trinajstić information content (AvgIpc) is 2.13. The van der Waals surface area contributed by atoms with Crippen molar-refractivity contribution in [1.82, 2.24) is 0 Å². The van der Waals surface area contributed by atoms with Gasteiger partial charge in [-0.1, -0.05) is 12.8 Å². The molecular weight excluding hydrogens is 142 g/mol. The van der Waals surface area contributed by atoms with Crippen LogP contribution in [-0.4, -0.2) is 17.1 Å². The molecule has 0 bridgehead atoms. The third-order valence-corrected chi connectivity index (χ3v) is 2.31. The molecule has 2 unspecified atom stereocenters. The Bertz CT molecular complexity index is 147. The molecule has 0 heterocycles. The molecule has 0 aromatic heterocycles. The summed E-state index contributed by atoms with van der Waals surface area (Å²) in [5, 5.41) is 8.73. The second-order valence-electron chi connectivity index (χ2n) is 3.32. The molecule has 0 aromatic carbocycles. The lowest BCUT2D eigenvalue weighted by Crippen LogP contribution is -2.25. The van der Waals surface area contributed by atoms with Gasteiger partial charge in [-0.15, -0.1) is 0 Å². The Morgan fingerprint density at radius 2 is 2.00 bits per heavy atom. The third-order valence-electron chi connectivity index (χ3n) is 2.31. The number of aliphatic carboxylic acids is 1. The maximum atomic E-state index is 10.6. The predicted molar refractivity (Wildman–Crippen MR) is 42.2 cm³/mol. The normalized spacial score (nSPS) is 32.8. The first-order valence-electron chi connectivity index (χ1n) is 4.18. The van der Waals surface area contributed by atoms with E-state index in [1.165, 1.54) is 0 Å². The third kappa shape index (κ3) is 2.50. The number of hydrogen-bond donors (Lipinski definition) is 2. The van der Waals surface area contributed by atoms with Crippen LogP contribution >= 0.6 is 0 Å². The lowest BCUT2D eigenvalue weighted by molar-refractivity contribution is -0.142. The van der Waals surface area contributed by atoms with Crippen LogP contribution in [0.25, 0.3) is 0 Å². The first-order chi connectivity index (χ1) is 5.20. The van der Waals surface area contributed by atoms with Gasteiger partial charge in [-0.05, 0) is 19.3 Å². The van der Waals surface area contributed by atoms with Gasteiger partial charge in [0.15, 0.2) is 0 Å². The molecule has 0 spiro atoms. The van der Waals surface area contributed by atoms with Crippen molar-refractivity contribution in [2.24, 2.45) is 11.7 Å². The van der Waals surface area contributed by atoms with Gasteiger partial charge in [0.05, 0.1) is 5.92 Å². The minimum Gasteiger partial charge on any atom is -0.481 e. The van der Waals surface area contributed by atoms with Gasteiger partial charge in [0.2, 0.25) is 0 Å². The first-order valence-corrected chi connectivity index (χ1v) is 4.18. The minimum absolute atomic E-state index is 0.110. The van der Waals surface area contributed by atoms with Crippen LogP contribution in [0.2, 0.25) is 0 Å². The zero-order chi connectivity index (χ0) is 8.27. The van der Waals surface area contributed by atoms with Crippen LogP contribution in [0.4, 0.5) is 0 Å². The Hall–Kier alpha value is -0.570. The van der Waals surface area contributed by atoms with E-state index < -0.39 is 5.97 Å². The molecule has 1 rings (SSSR count). The van der Waals surface area contributed by atoms with E-state index in [0.717, 1.165) is 25.7 Å². The molecular formula is C8H15NO2. The van der Waals surface area contributed by atoms with Crippen molar-refractivity contribution in [2.45, 2.75) is 38.1 Å². The van der Waals surface area contributed by atoms with Gasteiger partial charge in [0, 0.05) is 6.04 Å². The minimum atomic E-state index is -0.678. The number of carboxylic acids is 1. The van der Waals surface area contributed by atoms with Crippen molar-refractivity contribution in [3.8, 4) is 0 Å². The Morgan fingerprint density at radius 3 is 2.64 bits per heavy atom. The molecule has 1 fully saturated rings. The fourth-order valence-corrected chi connectivity index (χ4v) is 1.62. The maximum Gasteiger partial charge on any atom is 0.306 e. The van der Waals surface area contributed by atoms with Gasteiger partial charge < -0.3 is 10.8 Å². The van der Waals surface area contributed by atoms with E-state index in [4.69, 9.17) is 10.8 Å². The molecule has 1 aliphatic carbocycles. The highest BCUT2D eigenvalue weighted by molar-refractivity contribution is 5.70. The molecule has 1 aliphatic rings. The van der Waals surface area contributed by atoms with Crippen molar-refractivity contribution in [3.05, 3.63) is 0 Å². The molecule has 3 N–H and O–H groups in total. The molecule has 0 radical (unpaired) electrons. The van der Waals surface area contributed by atoms with Crippen LogP contribution < -0.4 is 5.73 Å². The van der Waals surface area contributed by atoms with Crippen LogP contribution in [0, 0.1) is 5.92 Å². The van der Waals surface area contributed by atoms with Crippen LogP contribution in [0.1, 0.15) is 32.1 Å². The molecule has 3 nitrogen and oxygen atoms in total. The summed E-state index contributed by atoms with van der Waals surface area (Å²) in [4.78, 5) is 10.6. The van der Waals surface area contributed by atoms with E-state index in [0.29, 0.717) is 6.42 Å². The topological polar surface area (TPSA) is 63.3 Å². The Morgan fingerprint density at radius 1 is 1.36 bits per heavy atom. The SMILES string of the molecule is NC1CCCCC(C(=O)O)C1. The zero-order valence-corrected chi connectivity index (χ0v) is 6.62. The lowest BCUT2D eigenvalue weighted by atomic mass is 9.99. The van der Waals surface area contributed by atoms with Crippen molar-refractivity contribution in [1.29, 1.82) is 0 Å². The number of carboxylic acid groups (broad SMARTS) is 1. The standard InChI is InChI=1S/C8H15NO2/c9-7-4-2-1-3-6(5-7)8(10)11/h6-7H,1-5,9H2,(H,10,11). The quantitative estimate of drug-likeness (QED) is 0.558. The van der Waals surface area contributed by atoms with E-state index >= 15 is 0 Å². The second-order valence-corrected chi connectivity index (χ2v) is 3.32. The summed E-state index contributed by atoms with van der Waals surface area (Å²) >= 11 is 0. The monoisotopic (exact) mass is 157 g/mol. The molecule has 64 valence electrons. The smallest absolute Gasteiger partial charge is 0.306 e. The lowest BCUT2D eigenvalue weighted by Gasteiger charge is -2.11. The van der Waals surface area contributed by atoms with Crippen LogP contribution in [0.3, 0.4) is 0 Å². The number of nitrogens with two attached hydrogens (primary N) is 1. The number of rotatable bonds is 1. The van der Waals surface area contributed by atoms with Gasteiger partial charge in [-0.3, -0.25) is 4.79 Å². The van der Waals surface area contributed by atoms with E-state index in [2.05, 4.69) is 0 Å². The summed E-state index contributed by atoms with van der Waals surface area (Å²) in [5.41, 5.74) is 5.70. The number of carbonyl (C=O) groups is 1.